The van der Waals surface area contributed by atoms with Crippen molar-refractivity contribution in [2.75, 3.05) is 6.54 Å². The highest BCUT2D eigenvalue weighted by molar-refractivity contribution is 7.92. The van der Waals surface area contributed by atoms with Gasteiger partial charge in [0.25, 0.3) is 5.91 Å². The number of aliphatic carboxylic acids is 1. The van der Waals surface area contributed by atoms with Crippen LogP contribution in [0.25, 0.3) is 0 Å². The minimum absolute atomic E-state index is 0.162. The van der Waals surface area contributed by atoms with Gasteiger partial charge in [0.1, 0.15) is 6.04 Å². The summed E-state index contributed by atoms with van der Waals surface area (Å²) < 4.78 is 24.1. The second-order valence-corrected chi connectivity index (χ2v) is 8.12. The number of hydrogen-bond acceptors (Lipinski definition) is 4. The average Bonchev–Trinajstić information content (AvgIpc) is 2.96. The Morgan fingerprint density at radius 3 is 2.32 bits per heavy atom. The summed E-state index contributed by atoms with van der Waals surface area (Å²) in [6, 6.07) is 4.87. The number of likely N-dealkylation sites (tertiary alicyclic amines) is 1. The molecule has 1 heterocycles. The van der Waals surface area contributed by atoms with Crippen LogP contribution in [0.4, 0.5) is 0 Å². The summed E-state index contributed by atoms with van der Waals surface area (Å²) in [6.45, 7) is 3.59. The standard InChI is InChI=1S/C15H19NO5S/c1-10(2)22(20,21)12-7-5-11(6-8-12)14(17)16-9-3-4-13(16)15(18)19/h5-8,10,13H,3-4,9H2,1-2H3,(H,18,19). The van der Waals surface area contributed by atoms with E-state index in [9.17, 15) is 18.0 Å². The van der Waals surface area contributed by atoms with Gasteiger partial charge in [-0.05, 0) is 51.0 Å². The highest BCUT2D eigenvalue weighted by atomic mass is 32.2. The number of carbonyl (C=O) groups excluding carboxylic acids is 1. The fraction of sp³-hybridized carbons (Fsp3) is 0.467. The van der Waals surface area contributed by atoms with E-state index < -0.39 is 27.1 Å². The lowest BCUT2D eigenvalue weighted by Crippen LogP contribution is -2.40. The Hall–Kier alpha value is -1.89. The third-order valence-electron chi connectivity index (χ3n) is 3.85. The first-order chi connectivity index (χ1) is 10.2. The fourth-order valence-corrected chi connectivity index (χ4v) is 3.55. The third kappa shape index (κ3) is 2.99. The number of rotatable bonds is 4. The molecular weight excluding hydrogens is 306 g/mol. The largest absolute Gasteiger partial charge is 0.480 e. The van der Waals surface area contributed by atoms with Gasteiger partial charge in [-0.1, -0.05) is 0 Å². The average molecular weight is 325 g/mol. The van der Waals surface area contributed by atoms with E-state index in [0.29, 0.717) is 24.9 Å². The summed E-state index contributed by atoms with van der Waals surface area (Å²) in [5.74, 6) is -1.39. The van der Waals surface area contributed by atoms with E-state index in [0.717, 1.165) is 0 Å². The Balaban J connectivity index is 2.24. The zero-order chi connectivity index (χ0) is 16.5. The summed E-state index contributed by atoms with van der Waals surface area (Å²) in [5.41, 5.74) is 0.302. The third-order valence-corrected chi connectivity index (χ3v) is 6.02. The predicted molar refractivity (Wildman–Crippen MR) is 80.5 cm³/mol. The summed E-state index contributed by atoms with van der Waals surface area (Å²) in [7, 11) is -3.38. The van der Waals surface area contributed by atoms with Gasteiger partial charge >= 0.3 is 5.97 Å². The second kappa shape index (κ2) is 6.08. The van der Waals surface area contributed by atoms with Crippen LogP contribution in [0.1, 0.15) is 37.0 Å². The molecule has 1 aliphatic rings. The van der Waals surface area contributed by atoms with E-state index in [4.69, 9.17) is 5.11 Å². The first-order valence-corrected chi connectivity index (χ1v) is 8.67. The molecule has 0 saturated carbocycles. The van der Waals surface area contributed by atoms with Gasteiger partial charge < -0.3 is 10.0 Å². The van der Waals surface area contributed by atoms with Crippen LogP contribution in [0.3, 0.4) is 0 Å². The van der Waals surface area contributed by atoms with Gasteiger partial charge in [0.15, 0.2) is 9.84 Å². The molecule has 0 bridgehead atoms. The first-order valence-electron chi connectivity index (χ1n) is 7.13. The molecule has 22 heavy (non-hydrogen) atoms. The van der Waals surface area contributed by atoms with Crippen LogP contribution < -0.4 is 0 Å². The molecule has 0 radical (unpaired) electrons. The van der Waals surface area contributed by atoms with Gasteiger partial charge in [0, 0.05) is 12.1 Å². The van der Waals surface area contributed by atoms with Gasteiger partial charge in [-0.3, -0.25) is 4.79 Å². The van der Waals surface area contributed by atoms with Crippen molar-refractivity contribution in [3.8, 4) is 0 Å². The van der Waals surface area contributed by atoms with Crippen molar-refractivity contribution in [1.82, 2.24) is 4.90 Å². The molecule has 1 atom stereocenters. The molecule has 1 fully saturated rings. The Bertz CT molecular complexity index is 678. The predicted octanol–water partition coefficient (Wildman–Crippen LogP) is 1.56. The second-order valence-electron chi connectivity index (χ2n) is 5.61. The lowest BCUT2D eigenvalue weighted by molar-refractivity contribution is -0.141. The zero-order valence-corrected chi connectivity index (χ0v) is 13.3. The molecule has 0 aliphatic carbocycles. The summed E-state index contributed by atoms with van der Waals surface area (Å²) >= 11 is 0. The SMILES string of the molecule is CC(C)S(=O)(=O)c1ccc(C(=O)N2CCCC2C(=O)O)cc1. The summed E-state index contributed by atoms with van der Waals surface area (Å²) in [4.78, 5) is 25.0. The monoisotopic (exact) mass is 325 g/mol. The first kappa shape index (κ1) is 16.5. The molecule has 1 N–H and O–H groups in total. The van der Waals surface area contributed by atoms with E-state index in [1.165, 1.54) is 29.2 Å². The number of benzene rings is 1. The number of amides is 1. The molecule has 7 heteroatoms. The lowest BCUT2D eigenvalue weighted by Gasteiger charge is -2.21. The molecule has 0 aromatic heterocycles. The highest BCUT2D eigenvalue weighted by Crippen LogP contribution is 2.22. The summed E-state index contributed by atoms with van der Waals surface area (Å²) in [6.07, 6.45) is 1.10. The van der Waals surface area contributed by atoms with Crippen molar-refractivity contribution in [3.63, 3.8) is 0 Å². The molecule has 1 aromatic rings. The molecule has 6 nitrogen and oxygen atoms in total. The number of carbonyl (C=O) groups is 2. The number of nitrogens with zero attached hydrogens (tertiary/aromatic N) is 1. The topological polar surface area (TPSA) is 91.8 Å². The number of carboxylic acid groups (broad SMARTS) is 1. The summed E-state index contributed by atoms with van der Waals surface area (Å²) in [5, 5.41) is 8.58. The van der Waals surface area contributed by atoms with Gasteiger partial charge in [-0.2, -0.15) is 0 Å². The van der Waals surface area contributed by atoms with Crippen LogP contribution in [0.5, 0.6) is 0 Å². The van der Waals surface area contributed by atoms with E-state index in [2.05, 4.69) is 0 Å². The molecule has 0 spiro atoms. The molecule has 1 aliphatic heterocycles. The van der Waals surface area contributed by atoms with E-state index in [1.807, 2.05) is 0 Å². The van der Waals surface area contributed by atoms with E-state index in [-0.39, 0.29) is 10.8 Å². The van der Waals surface area contributed by atoms with E-state index >= 15 is 0 Å². The molecule has 2 rings (SSSR count). The maximum atomic E-state index is 12.4. The maximum absolute atomic E-state index is 12.4. The minimum Gasteiger partial charge on any atom is -0.480 e. The van der Waals surface area contributed by atoms with Crippen LogP contribution in [0, 0.1) is 0 Å². The van der Waals surface area contributed by atoms with Gasteiger partial charge in [0.2, 0.25) is 0 Å². The Kier molecular flexibility index (Phi) is 4.55. The van der Waals surface area contributed by atoms with Crippen molar-refractivity contribution < 1.29 is 23.1 Å². The Morgan fingerprint density at radius 1 is 1.23 bits per heavy atom. The van der Waals surface area contributed by atoms with Crippen molar-refractivity contribution >= 4 is 21.7 Å². The van der Waals surface area contributed by atoms with Crippen LogP contribution in [0.2, 0.25) is 0 Å². The molecule has 1 unspecified atom stereocenters. The molecule has 1 saturated heterocycles. The lowest BCUT2D eigenvalue weighted by atomic mass is 10.1. The quantitative estimate of drug-likeness (QED) is 0.907. The van der Waals surface area contributed by atoms with Crippen LogP contribution in [-0.4, -0.2) is 48.1 Å². The van der Waals surface area contributed by atoms with E-state index in [1.54, 1.807) is 13.8 Å². The highest BCUT2D eigenvalue weighted by Gasteiger charge is 2.34. The zero-order valence-electron chi connectivity index (χ0n) is 12.5. The maximum Gasteiger partial charge on any atom is 0.326 e. The Morgan fingerprint density at radius 2 is 1.82 bits per heavy atom. The smallest absolute Gasteiger partial charge is 0.326 e. The normalized spacial score (nSPS) is 18.7. The van der Waals surface area contributed by atoms with Crippen molar-refractivity contribution in [3.05, 3.63) is 29.8 Å². The molecule has 1 aromatic carbocycles. The number of hydrogen-bond donors (Lipinski definition) is 1. The number of carboxylic acids is 1. The van der Waals surface area contributed by atoms with Crippen LogP contribution in [-0.2, 0) is 14.6 Å². The van der Waals surface area contributed by atoms with Gasteiger partial charge in [0.05, 0.1) is 10.1 Å². The minimum atomic E-state index is -3.38. The van der Waals surface area contributed by atoms with Crippen LogP contribution in [0.15, 0.2) is 29.2 Å². The Labute approximate surface area is 129 Å². The molecule has 120 valence electrons. The van der Waals surface area contributed by atoms with Crippen molar-refractivity contribution in [2.45, 2.75) is 42.9 Å². The van der Waals surface area contributed by atoms with Gasteiger partial charge in [-0.25, -0.2) is 13.2 Å². The van der Waals surface area contributed by atoms with Crippen molar-refractivity contribution in [2.24, 2.45) is 0 Å². The molecular formula is C15H19NO5S. The van der Waals surface area contributed by atoms with Crippen molar-refractivity contribution in [1.29, 1.82) is 0 Å². The van der Waals surface area contributed by atoms with Crippen LogP contribution >= 0.6 is 0 Å². The fourth-order valence-electron chi connectivity index (χ4n) is 2.49. The number of sulfone groups is 1. The molecule has 1 amide bonds. The van der Waals surface area contributed by atoms with Gasteiger partial charge in [-0.15, -0.1) is 0 Å².